The number of carbonyl (C=O) groups excluding carboxylic acids is 1. The van der Waals surface area contributed by atoms with E-state index in [9.17, 15) is 4.79 Å². The molecule has 0 saturated carbocycles. The summed E-state index contributed by atoms with van der Waals surface area (Å²) in [4.78, 5) is 13.7. The van der Waals surface area contributed by atoms with Gasteiger partial charge in [-0.15, -0.1) is 0 Å². The number of rotatable bonds is 8. The molecule has 1 heterocycles. The molecule has 1 atom stereocenters. The van der Waals surface area contributed by atoms with Gasteiger partial charge in [-0.25, -0.2) is 0 Å². The summed E-state index contributed by atoms with van der Waals surface area (Å²) in [6, 6.07) is 8.85. The summed E-state index contributed by atoms with van der Waals surface area (Å²) < 4.78 is 5.81. The van der Waals surface area contributed by atoms with Crippen LogP contribution in [0.4, 0.5) is 0 Å². The number of nitrogens with zero attached hydrogens (tertiary/aromatic N) is 1. The lowest BCUT2D eigenvalue weighted by molar-refractivity contribution is -0.120. The van der Waals surface area contributed by atoms with Gasteiger partial charge in [0, 0.05) is 19.0 Å². The monoisotopic (exact) mass is 304 g/mol. The maximum absolute atomic E-state index is 11.1. The molecule has 0 aromatic heterocycles. The van der Waals surface area contributed by atoms with Gasteiger partial charge >= 0.3 is 0 Å². The van der Waals surface area contributed by atoms with Crippen molar-refractivity contribution in [1.82, 2.24) is 10.2 Å². The highest BCUT2D eigenvalue weighted by Gasteiger charge is 2.19. The molecule has 1 aliphatic heterocycles. The summed E-state index contributed by atoms with van der Waals surface area (Å²) in [5.74, 6) is 1.02. The van der Waals surface area contributed by atoms with Crippen LogP contribution in [0.3, 0.4) is 0 Å². The molecule has 0 aliphatic carbocycles. The summed E-state index contributed by atoms with van der Waals surface area (Å²) in [6.07, 6.45) is 3.99. The molecule has 22 heavy (non-hydrogen) atoms. The van der Waals surface area contributed by atoms with Crippen molar-refractivity contribution in [3.05, 3.63) is 29.8 Å². The molecule has 0 radical (unpaired) electrons. The first kappa shape index (κ1) is 16.8. The van der Waals surface area contributed by atoms with E-state index in [1.807, 2.05) is 13.0 Å². The summed E-state index contributed by atoms with van der Waals surface area (Å²) >= 11 is 0. The molecule has 4 nitrogen and oxygen atoms in total. The molecule has 0 spiro atoms. The molecule has 1 unspecified atom stereocenters. The highest BCUT2D eigenvalue weighted by atomic mass is 16.5. The summed E-state index contributed by atoms with van der Waals surface area (Å²) in [5.41, 5.74) is 1.32. The van der Waals surface area contributed by atoms with Crippen LogP contribution in [-0.2, 0) is 4.79 Å². The second-order valence-corrected chi connectivity index (χ2v) is 5.90. The van der Waals surface area contributed by atoms with Gasteiger partial charge in [-0.1, -0.05) is 19.1 Å². The Kier molecular flexibility index (Phi) is 6.72. The molecule has 1 aromatic rings. The van der Waals surface area contributed by atoms with Crippen LogP contribution in [0, 0.1) is 0 Å². The van der Waals surface area contributed by atoms with E-state index < -0.39 is 0 Å². The number of hydrogen-bond donors (Lipinski definition) is 1. The van der Waals surface area contributed by atoms with Crippen LogP contribution in [0.5, 0.6) is 5.75 Å². The van der Waals surface area contributed by atoms with Crippen LogP contribution in [0.15, 0.2) is 24.3 Å². The number of amides is 1. The van der Waals surface area contributed by atoms with Crippen molar-refractivity contribution >= 4 is 5.91 Å². The van der Waals surface area contributed by atoms with E-state index in [4.69, 9.17) is 4.74 Å². The zero-order valence-electron chi connectivity index (χ0n) is 13.8. The molecule has 0 bridgehead atoms. The van der Waals surface area contributed by atoms with E-state index in [2.05, 4.69) is 35.3 Å². The average molecular weight is 304 g/mol. The Labute approximate surface area is 133 Å². The fourth-order valence-electron chi connectivity index (χ4n) is 2.82. The van der Waals surface area contributed by atoms with E-state index >= 15 is 0 Å². The average Bonchev–Trinajstić information content (AvgIpc) is 3.08. The first-order chi connectivity index (χ1) is 10.7. The molecule has 1 N–H and O–H groups in total. The highest BCUT2D eigenvalue weighted by molar-refractivity contribution is 5.75. The Hall–Kier alpha value is -1.55. The Morgan fingerprint density at radius 1 is 1.36 bits per heavy atom. The van der Waals surface area contributed by atoms with Gasteiger partial charge in [-0.05, 0) is 57.0 Å². The number of likely N-dealkylation sites (tertiary alicyclic amines) is 1. The zero-order valence-corrected chi connectivity index (χ0v) is 13.8. The maximum atomic E-state index is 11.1. The number of ether oxygens (including phenoxy) is 1. The maximum Gasteiger partial charge on any atom is 0.219 e. The molecule has 1 aliphatic rings. The van der Waals surface area contributed by atoms with E-state index in [0.29, 0.717) is 25.6 Å². The fourth-order valence-corrected chi connectivity index (χ4v) is 2.82. The predicted octanol–water partition coefficient (Wildman–Crippen LogP) is 3.14. The van der Waals surface area contributed by atoms with Gasteiger partial charge in [-0.3, -0.25) is 9.69 Å². The Morgan fingerprint density at radius 3 is 2.86 bits per heavy atom. The summed E-state index contributed by atoms with van der Waals surface area (Å²) in [6.45, 7) is 7.83. The molecule has 1 amide bonds. The van der Waals surface area contributed by atoms with Crippen molar-refractivity contribution in [3.8, 4) is 5.75 Å². The Balaban J connectivity index is 1.77. The topological polar surface area (TPSA) is 41.6 Å². The third kappa shape index (κ3) is 5.02. The molecule has 122 valence electrons. The fraction of sp³-hybridized carbons (Fsp3) is 0.611. The standard InChI is InChI=1S/C18H28N2O2/c1-3-18(21)19-10-7-13-22-17-9-6-8-16(14-17)15(2)20-11-4-5-12-20/h6,8-9,14-15H,3-5,7,10-13H2,1-2H3,(H,19,21). The quantitative estimate of drug-likeness (QED) is 0.750. The Morgan fingerprint density at radius 2 is 2.14 bits per heavy atom. The first-order valence-corrected chi connectivity index (χ1v) is 8.44. The molecule has 2 rings (SSSR count). The SMILES string of the molecule is CCC(=O)NCCCOc1cccc(C(C)N2CCCC2)c1. The number of carbonyl (C=O) groups is 1. The highest BCUT2D eigenvalue weighted by Crippen LogP contribution is 2.26. The van der Waals surface area contributed by atoms with Gasteiger partial charge in [-0.2, -0.15) is 0 Å². The second-order valence-electron chi connectivity index (χ2n) is 5.90. The van der Waals surface area contributed by atoms with Crippen molar-refractivity contribution < 1.29 is 9.53 Å². The van der Waals surface area contributed by atoms with Gasteiger partial charge in [0.2, 0.25) is 5.91 Å². The van der Waals surface area contributed by atoms with Crippen LogP contribution in [0.25, 0.3) is 0 Å². The van der Waals surface area contributed by atoms with Crippen molar-refractivity contribution in [2.75, 3.05) is 26.2 Å². The van der Waals surface area contributed by atoms with Crippen LogP contribution < -0.4 is 10.1 Å². The van der Waals surface area contributed by atoms with E-state index in [0.717, 1.165) is 12.2 Å². The van der Waals surface area contributed by atoms with E-state index in [1.165, 1.54) is 31.5 Å². The molecule has 1 saturated heterocycles. The summed E-state index contributed by atoms with van der Waals surface area (Å²) in [7, 11) is 0. The van der Waals surface area contributed by atoms with Gasteiger partial charge < -0.3 is 10.1 Å². The number of benzene rings is 1. The van der Waals surface area contributed by atoms with Gasteiger partial charge in [0.15, 0.2) is 0 Å². The summed E-state index contributed by atoms with van der Waals surface area (Å²) in [5, 5.41) is 2.86. The van der Waals surface area contributed by atoms with Gasteiger partial charge in [0.25, 0.3) is 0 Å². The Bertz CT molecular complexity index is 470. The van der Waals surface area contributed by atoms with Crippen molar-refractivity contribution in [1.29, 1.82) is 0 Å². The lowest BCUT2D eigenvalue weighted by atomic mass is 10.1. The van der Waals surface area contributed by atoms with Crippen LogP contribution in [0.2, 0.25) is 0 Å². The third-order valence-corrected chi connectivity index (χ3v) is 4.26. The van der Waals surface area contributed by atoms with Gasteiger partial charge in [0.05, 0.1) is 6.61 Å². The first-order valence-electron chi connectivity index (χ1n) is 8.44. The minimum Gasteiger partial charge on any atom is -0.494 e. The lowest BCUT2D eigenvalue weighted by Crippen LogP contribution is -2.24. The molecular weight excluding hydrogens is 276 g/mol. The predicted molar refractivity (Wildman–Crippen MR) is 89.1 cm³/mol. The van der Waals surface area contributed by atoms with Crippen LogP contribution >= 0.6 is 0 Å². The largest absolute Gasteiger partial charge is 0.494 e. The van der Waals surface area contributed by atoms with Crippen molar-refractivity contribution in [2.45, 2.75) is 45.6 Å². The second kappa shape index (κ2) is 8.79. The normalized spacial score (nSPS) is 16.5. The third-order valence-electron chi connectivity index (χ3n) is 4.26. The van der Waals surface area contributed by atoms with Gasteiger partial charge in [0.1, 0.15) is 5.75 Å². The molecule has 4 heteroatoms. The van der Waals surface area contributed by atoms with Crippen molar-refractivity contribution in [2.24, 2.45) is 0 Å². The van der Waals surface area contributed by atoms with Crippen molar-refractivity contribution in [3.63, 3.8) is 0 Å². The lowest BCUT2D eigenvalue weighted by Gasteiger charge is -2.24. The van der Waals surface area contributed by atoms with E-state index in [1.54, 1.807) is 0 Å². The minimum atomic E-state index is 0.0986. The van der Waals surface area contributed by atoms with Crippen LogP contribution in [-0.4, -0.2) is 37.0 Å². The minimum absolute atomic E-state index is 0.0986. The molecule has 1 fully saturated rings. The molecular formula is C18H28N2O2. The smallest absolute Gasteiger partial charge is 0.219 e. The van der Waals surface area contributed by atoms with E-state index in [-0.39, 0.29) is 5.91 Å². The van der Waals surface area contributed by atoms with Crippen LogP contribution in [0.1, 0.15) is 51.1 Å². The number of nitrogens with one attached hydrogen (secondary N) is 1. The zero-order chi connectivity index (χ0) is 15.8. The molecule has 1 aromatic carbocycles. The number of hydrogen-bond acceptors (Lipinski definition) is 3.